The summed E-state index contributed by atoms with van der Waals surface area (Å²) in [7, 11) is 1.70. The number of para-hydroxylation sites is 1. The molecule has 8 heteroatoms. The molecule has 2 N–H and O–H groups in total. The van der Waals surface area contributed by atoms with E-state index < -0.39 is 18.1 Å². The van der Waals surface area contributed by atoms with Crippen LogP contribution in [0.15, 0.2) is 36.4 Å². The Hall–Kier alpha value is -3.00. The quantitative estimate of drug-likeness (QED) is 0.771. The van der Waals surface area contributed by atoms with Crippen molar-refractivity contribution in [3.05, 3.63) is 42.2 Å². The number of aromatic nitrogens is 3. The smallest absolute Gasteiger partial charge is 0.416 e. The SMILES string of the molecule is CNC1CN(c2cccc(F)c2-c2cccc3n[nH]nc23)C(=O)O1. The van der Waals surface area contributed by atoms with E-state index in [1.54, 1.807) is 37.4 Å². The molecule has 3 aromatic rings. The van der Waals surface area contributed by atoms with Crippen LogP contribution in [0.2, 0.25) is 0 Å². The normalized spacial score (nSPS) is 17.5. The molecule has 4 rings (SSSR count). The number of H-pyrrole nitrogens is 1. The van der Waals surface area contributed by atoms with E-state index in [1.807, 2.05) is 0 Å². The lowest BCUT2D eigenvalue weighted by atomic mass is 10.0. The summed E-state index contributed by atoms with van der Waals surface area (Å²) in [5.74, 6) is -0.441. The van der Waals surface area contributed by atoms with Crippen LogP contribution in [0.5, 0.6) is 0 Å². The van der Waals surface area contributed by atoms with Gasteiger partial charge in [0.15, 0.2) is 6.23 Å². The first-order chi connectivity index (χ1) is 11.7. The molecule has 1 aromatic heterocycles. The second kappa shape index (κ2) is 5.57. The largest absolute Gasteiger partial charge is 0.428 e. The summed E-state index contributed by atoms with van der Waals surface area (Å²) in [6, 6.07) is 9.92. The molecule has 0 saturated carbocycles. The Morgan fingerprint density at radius 3 is 2.92 bits per heavy atom. The molecule has 2 heterocycles. The molecule has 1 unspecified atom stereocenters. The van der Waals surface area contributed by atoms with Crippen LogP contribution in [0.25, 0.3) is 22.2 Å². The van der Waals surface area contributed by atoms with Crippen LogP contribution >= 0.6 is 0 Å². The molecule has 0 bridgehead atoms. The minimum Gasteiger partial charge on any atom is -0.428 e. The standard InChI is InChI=1S/C16H14FN5O2/c1-18-13-8-22(16(23)24-13)12-7-3-5-10(17)14(12)9-4-2-6-11-15(9)20-21-19-11/h2-7,13,18H,8H2,1H3,(H,19,20,21). The van der Waals surface area contributed by atoms with Gasteiger partial charge in [-0.05, 0) is 25.2 Å². The van der Waals surface area contributed by atoms with Gasteiger partial charge in [-0.25, -0.2) is 9.18 Å². The molecule has 1 fully saturated rings. The molecule has 1 aliphatic heterocycles. The third-order valence-corrected chi connectivity index (χ3v) is 4.03. The zero-order chi connectivity index (χ0) is 16.7. The molecule has 1 saturated heterocycles. The van der Waals surface area contributed by atoms with Crippen LogP contribution in [-0.2, 0) is 4.74 Å². The molecule has 24 heavy (non-hydrogen) atoms. The number of fused-ring (bicyclic) bond motifs is 1. The maximum absolute atomic E-state index is 14.7. The maximum atomic E-state index is 14.7. The molecule has 0 aliphatic carbocycles. The summed E-state index contributed by atoms with van der Waals surface area (Å²) in [5, 5.41) is 13.6. The lowest BCUT2D eigenvalue weighted by molar-refractivity contribution is 0.128. The molecular formula is C16H14FN5O2. The zero-order valence-electron chi connectivity index (χ0n) is 12.8. The van der Waals surface area contributed by atoms with Crippen LogP contribution in [0.4, 0.5) is 14.9 Å². The molecule has 2 aromatic carbocycles. The number of anilines is 1. The van der Waals surface area contributed by atoms with E-state index in [1.165, 1.54) is 11.0 Å². The van der Waals surface area contributed by atoms with E-state index >= 15 is 0 Å². The first-order valence-electron chi connectivity index (χ1n) is 7.43. The summed E-state index contributed by atoms with van der Waals surface area (Å²) in [6.07, 6.45) is -0.954. The van der Waals surface area contributed by atoms with E-state index in [0.29, 0.717) is 34.4 Å². The summed E-state index contributed by atoms with van der Waals surface area (Å²) < 4.78 is 19.9. The Bertz CT molecular complexity index is 926. The van der Waals surface area contributed by atoms with E-state index in [9.17, 15) is 9.18 Å². The minimum atomic E-state index is -0.520. The number of hydrogen-bond donors (Lipinski definition) is 2. The number of ether oxygens (including phenoxy) is 1. The van der Waals surface area contributed by atoms with Gasteiger partial charge >= 0.3 is 6.09 Å². The topological polar surface area (TPSA) is 83.1 Å². The molecule has 1 atom stereocenters. The van der Waals surface area contributed by atoms with Gasteiger partial charge in [0.25, 0.3) is 0 Å². The number of nitrogens with one attached hydrogen (secondary N) is 2. The van der Waals surface area contributed by atoms with Crippen molar-refractivity contribution < 1.29 is 13.9 Å². The number of carbonyl (C=O) groups excluding carboxylic acids is 1. The van der Waals surface area contributed by atoms with Crippen molar-refractivity contribution in [2.75, 3.05) is 18.5 Å². The van der Waals surface area contributed by atoms with Gasteiger partial charge in [-0.3, -0.25) is 10.2 Å². The van der Waals surface area contributed by atoms with Gasteiger partial charge in [0.05, 0.1) is 12.2 Å². The van der Waals surface area contributed by atoms with E-state index in [2.05, 4.69) is 20.7 Å². The molecule has 122 valence electrons. The van der Waals surface area contributed by atoms with Crippen molar-refractivity contribution in [1.82, 2.24) is 20.7 Å². The monoisotopic (exact) mass is 327 g/mol. The molecule has 0 spiro atoms. The fraction of sp³-hybridized carbons (Fsp3) is 0.188. The van der Waals surface area contributed by atoms with Crippen molar-refractivity contribution in [1.29, 1.82) is 0 Å². The number of aromatic amines is 1. The number of amides is 1. The molecule has 1 aliphatic rings. The van der Waals surface area contributed by atoms with E-state index in [-0.39, 0.29) is 0 Å². The van der Waals surface area contributed by atoms with Gasteiger partial charge in [0, 0.05) is 11.1 Å². The highest BCUT2D eigenvalue weighted by molar-refractivity contribution is 6.00. The summed E-state index contributed by atoms with van der Waals surface area (Å²) in [5.41, 5.74) is 2.47. The van der Waals surface area contributed by atoms with Gasteiger partial charge in [0.2, 0.25) is 0 Å². The van der Waals surface area contributed by atoms with Crippen molar-refractivity contribution in [3.8, 4) is 11.1 Å². The number of carbonyl (C=O) groups is 1. The number of cyclic esters (lactones) is 1. The molecule has 1 amide bonds. The van der Waals surface area contributed by atoms with Crippen molar-refractivity contribution >= 4 is 22.8 Å². The fourth-order valence-electron chi connectivity index (χ4n) is 2.88. The third-order valence-electron chi connectivity index (χ3n) is 4.03. The average Bonchev–Trinajstić information content (AvgIpc) is 3.20. The van der Waals surface area contributed by atoms with Crippen molar-refractivity contribution in [2.45, 2.75) is 6.23 Å². The summed E-state index contributed by atoms with van der Waals surface area (Å²) in [4.78, 5) is 13.6. The first-order valence-corrected chi connectivity index (χ1v) is 7.43. The Morgan fingerprint density at radius 2 is 2.12 bits per heavy atom. The van der Waals surface area contributed by atoms with Crippen molar-refractivity contribution in [2.24, 2.45) is 0 Å². The Kier molecular flexibility index (Phi) is 3.39. The predicted molar refractivity (Wildman–Crippen MR) is 86.0 cm³/mol. The summed E-state index contributed by atoms with van der Waals surface area (Å²) >= 11 is 0. The van der Waals surface area contributed by atoms with Gasteiger partial charge in [0.1, 0.15) is 16.9 Å². The highest BCUT2D eigenvalue weighted by Gasteiger charge is 2.33. The number of halogens is 1. The number of nitrogens with zero attached hydrogens (tertiary/aromatic N) is 3. The minimum absolute atomic E-state index is 0.292. The Morgan fingerprint density at radius 1 is 1.29 bits per heavy atom. The predicted octanol–water partition coefficient (Wildman–Crippen LogP) is 2.27. The van der Waals surface area contributed by atoms with Gasteiger partial charge < -0.3 is 4.74 Å². The van der Waals surface area contributed by atoms with Crippen LogP contribution in [0, 0.1) is 5.82 Å². The lowest BCUT2D eigenvalue weighted by Crippen LogP contribution is -2.30. The van der Waals surface area contributed by atoms with E-state index in [0.717, 1.165) is 0 Å². The first kappa shape index (κ1) is 14.6. The fourth-order valence-corrected chi connectivity index (χ4v) is 2.88. The third kappa shape index (κ3) is 2.19. The zero-order valence-corrected chi connectivity index (χ0v) is 12.8. The van der Waals surface area contributed by atoms with Crippen LogP contribution in [-0.4, -0.2) is 41.3 Å². The highest BCUT2D eigenvalue weighted by atomic mass is 19.1. The van der Waals surface area contributed by atoms with E-state index in [4.69, 9.17) is 4.74 Å². The van der Waals surface area contributed by atoms with Crippen molar-refractivity contribution in [3.63, 3.8) is 0 Å². The highest BCUT2D eigenvalue weighted by Crippen LogP contribution is 2.37. The summed E-state index contributed by atoms with van der Waals surface area (Å²) in [6.45, 7) is 0.292. The maximum Gasteiger partial charge on any atom is 0.416 e. The molecular weight excluding hydrogens is 313 g/mol. The molecule has 7 nitrogen and oxygen atoms in total. The number of likely N-dealkylation sites (N-methyl/N-ethyl adjacent to an activating group) is 1. The van der Waals surface area contributed by atoms with Crippen LogP contribution in [0.3, 0.4) is 0 Å². The lowest BCUT2D eigenvalue weighted by Gasteiger charge is -2.18. The second-order valence-corrected chi connectivity index (χ2v) is 5.40. The Labute approximate surface area is 136 Å². The van der Waals surface area contributed by atoms with Crippen LogP contribution in [0.1, 0.15) is 0 Å². The number of rotatable bonds is 3. The second-order valence-electron chi connectivity index (χ2n) is 5.40. The Balaban J connectivity index is 1.91. The number of benzene rings is 2. The van der Waals surface area contributed by atoms with Gasteiger partial charge in [-0.1, -0.05) is 18.2 Å². The van der Waals surface area contributed by atoms with Crippen LogP contribution < -0.4 is 10.2 Å². The van der Waals surface area contributed by atoms with Gasteiger partial charge in [-0.15, -0.1) is 0 Å². The molecule has 0 radical (unpaired) electrons. The average molecular weight is 327 g/mol. The number of hydrogen-bond acceptors (Lipinski definition) is 5. The van der Waals surface area contributed by atoms with Gasteiger partial charge in [-0.2, -0.15) is 15.4 Å².